The molecular formula is C6H14N2O7S. The number of hydrogen-bond acceptors (Lipinski definition) is 6. The Labute approximate surface area is 92.0 Å². The lowest BCUT2D eigenvalue weighted by atomic mass is 10.1. The number of primary amides is 1. The van der Waals surface area contributed by atoms with Gasteiger partial charge in [0.05, 0.1) is 6.26 Å². The maximum atomic E-state index is 10.2. The van der Waals surface area contributed by atoms with E-state index in [1.165, 1.54) is 0 Å². The van der Waals surface area contributed by atoms with Crippen LogP contribution in [0.1, 0.15) is 12.8 Å². The van der Waals surface area contributed by atoms with E-state index in [0.29, 0.717) is 6.26 Å². The fourth-order valence-corrected chi connectivity index (χ4v) is 0.530. The summed E-state index contributed by atoms with van der Waals surface area (Å²) in [7, 11) is -3.67. The molecule has 0 spiro atoms. The van der Waals surface area contributed by atoms with Gasteiger partial charge in [0.25, 0.3) is 10.1 Å². The Morgan fingerprint density at radius 2 is 1.81 bits per heavy atom. The van der Waals surface area contributed by atoms with Gasteiger partial charge in [0.15, 0.2) is 0 Å². The topological polar surface area (TPSA) is 167 Å². The maximum Gasteiger partial charge on any atom is 0.323 e. The third-order valence-electron chi connectivity index (χ3n) is 1.13. The standard InChI is InChI=1S/C5H10N2O4.CH4O3S/c6-4(8)2-1-3(7-11)5(9)10;1-5(2,3)4/h3,7,11H,1-2H2,(H2,6,8)(H,9,10);1H3,(H,2,3,4)/t3-;/m0./s1. The summed E-state index contributed by atoms with van der Waals surface area (Å²) in [6.07, 6.45) is 0.638. The second kappa shape index (κ2) is 7.98. The summed E-state index contributed by atoms with van der Waals surface area (Å²) in [5, 5.41) is 16.5. The van der Waals surface area contributed by atoms with Crippen molar-refractivity contribution < 1.29 is 32.9 Å². The van der Waals surface area contributed by atoms with Crippen LogP contribution in [0.25, 0.3) is 0 Å². The first kappa shape index (κ1) is 17.2. The smallest absolute Gasteiger partial charge is 0.323 e. The average Bonchev–Trinajstić information content (AvgIpc) is 2.00. The molecule has 1 atom stereocenters. The van der Waals surface area contributed by atoms with E-state index in [0.717, 1.165) is 0 Å². The van der Waals surface area contributed by atoms with Gasteiger partial charge < -0.3 is 16.0 Å². The summed E-state index contributed by atoms with van der Waals surface area (Å²) in [5.74, 6) is -1.81. The van der Waals surface area contributed by atoms with Crippen molar-refractivity contribution in [3.8, 4) is 0 Å². The average molecular weight is 258 g/mol. The van der Waals surface area contributed by atoms with Crippen molar-refractivity contribution in [3.63, 3.8) is 0 Å². The van der Waals surface area contributed by atoms with E-state index in [1.54, 1.807) is 5.48 Å². The maximum absolute atomic E-state index is 10.2. The largest absolute Gasteiger partial charge is 0.480 e. The Balaban J connectivity index is 0. The number of hydroxylamine groups is 1. The first-order chi connectivity index (χ1) is 7.07. The lowest BCUT2D eigenvalue weighted by molar-refractivity contribution is -0.142. The summed E-state index contributed by atoms with van der Waals surface area (Å²) in [4.78, 5) is 20.3. The van der Waals surface area contributed by atoms with Gasteiger partial charge in [-0.25, -0.2) is 0 Å². The van der Waals surface area contributed by atoms with E-state index in [1.807, 2.05) is 0 Å². The summed E-state index contributed by atoms with van der Waals surface area (Å²) >= 11 is 0. The van der Waals surface area contributed by atoms with Crippen LogP contribution < -0.4 is 11.2 Å². The van der Waals surface area contributed by atoms with Crippen LogP contribution in [-0.4, -0.2) is 47.5 Å². The van der Waals surface area contributed by atoms with Crippen LogP contribution in [0.5, 0.6) is 0 Å². The fraction of sp³-hybridized carbons (Fsp3) is 0.667. The van der Waals surface area contributed by atoms with Crippen molar-refractivity contribution in [2.45, 2.75) is 18.9 Å². The van der Waals surface area contributed by atoms with E-state index in [2.05, 4.69) is 0 Å². The molecule has 0 saturated heterocycles. The Hall–Kier alpha value is -1.23. The van der Waals surface area contributed by atoms with Gasteiger partial charge in [-0.05, 0) is 6.42 Å². The first-order valence-electron chi connectivity index (χ1n) is 3.91. The molecule has 0 aromatic rings. The third kappa shape index (κ3) is 18.5. The first-order valence-corrected chi connectivity index (χ1v) is 5.76. The molecule has 0 aliphatic heterocycles. The number of carboxylic acids is 1. The number of carbonyl (C=O) groups excluding carboxylic acids is 1. The minimum Gasteiger partial charge on any atom is -0.480 e. The highest BCUT2D eigenvalue weighted by Gasteiger charge is 2.15. The van der Waals surface area contributed by atoms with Crippen LogP contribution in [0.3, 0.4) is 0 Å². The Morgan fingerprint density at radius 1 is 1.44 bits per heavy atom. The number of hydrogen-bond donors (Lipinski definition) is 5. The molecular weight excluding hydrogens is 244 g/mol. The summed E-state index contributed by atoms with van der Waals surface area (Å²) < 4.78 is 25.9. The Morgan fingerprint density at radius 3 is 2.00 bits per heavy atom. The zero-order valence-corrected chi connectivity index (χ0v) is 9.27. The van der Waals surface area contributed by atoms with Gasteiger partial charge in [0.2, 0.25) is 5.91 Å². The number of nitrogens with two attached hydrogens (primary N) is 1. The van der Waals surface area contributed by atoms with Gasteiger partial charge in [0, 0.05) is 6.42 Å². The number of carboxylic acid groups (broad SMARTS) is 1. The molecule has 0 aliphatic rings. The molecule has 0 bridgehead atoms. The molecule has 96 valence electrons. The Bertz CT molecular complexity index is 318. The predicted octanol–water partition coefficient (Wildman–Crippen LogP) is -1.81. The SMILES string of the molecule is CS(=O)(=O)O.NC(=O)CC[C@H](NO)C(=O)O. The molecule has 6 N–H and O–H groups in total. The molecule has 10 heteroatoms. The number of carbonyl (C=O) groups is 2. The van der Waals surface area contributed by atoms with E-state index in [9.17, 15) is 18.0 Å². The van der Waals surface area contributed by atoms with Gasteiger partial charge in [-0.15, -0.1) is 0 Å². The number of amides is 1. The summed E-state index contributed by atoms with van der Waals surface area (Å²) in [5.41, 5.74) is 6.30. The van der Waals surface area contributed by atoms with Crippen molar-refractivity contribution in [1.82, 2.24) is 5.48 Å². The van der Waals surface area contributed by atoms with Crippen molar-refractivity contribution in [1.29, 1.82) is 0 Å². The van der Waals surface area contributed by atoms with Crippen molar-refractivity contribution in [2.75, 3.05) is 6.26 Å². The lowest BCUT2D eigenvalue weighted by Gasteiger charge is -2.06. The van der Waals surface area contributed by atoms with Crippen LogP contribution >= 0.6 is 0 Å². The second-order valence-electron chi connectivity index (χ2n) is 2.76. The minimum atomic E-state index is -3.67. The van der Waals surface area contributed by atoms with Gasteiger partial charge in [-0.2, -0.15) is 13.9 Å². The van der Waals surface area contributed by atoms with E-state index in [-0.39, 0.29) is 12.8 Å². The zero-order chi connectivity index (χ0) is 13.4. The molecule has 0 radical (unpaired) electrons. The van der Waals surface area contributed by atoms with Gasteiger partial charge in [-0.1, -0.05) is 0 Å². The molecule has 0 unspecified atom stereocenters. The van der Waals surface area contributed by atoms with Crippen LogP contribution in [0.4, 0.5) is 0 Å². The normalized spacial score (nSPS) is 12.2. The summed E-state index contributed by atoms with van der Waals surface area (Å²) in [6.45, 7) is 0. The van der Waals surface area contributed by atoms with Crippen LogP contribution in [0, 0.1) is 0 Å². The van der Waals surface area contributed by atoms with Crippen molar-refractivity contribution >= 4 is 22.0 Å². The molecule has 1 amide bonds. The molecule has 16 heavy (non-hydrogen) atoms. The highest BCUT2D eigenvalue weighted by molar-refractivity contribution is 7.85. The monoisotopic (exact) mass is 258 g/mol. The Kier molecular flexibility index (Phi) is 8.57. The molecule has 0 aromatic heterocycles. The van der Waals surface area contributed by atoms with Crippen molar-refractivity contribution in [3.05, 3.63) is 0 Å². The number of nitrogens with one attached hydrogen (secondary N) is 1. The molecule has 0 aliphatic carbocycles. The van der Waals surface area contributed by atoms with Gasteiger partial charge in [0.1, 0.15) is 6.04 Å². The second-order valence-corrected chi connectivity index (χ2v) is 4.22. The fourth-order valence-electron chi connectivity index (χ4n) is 0.530. The van der Waals surface area contributed by atoms with Crippen LogP contribution in [0.2, 0.25) is 0 Å². The molecule has 0 fully saturated rings. The molecule has 0 rings (SSSR count). The number of rotatable bonds is 5. The molecule has 9 nitrogen and oxygen atoms in total. The lowest BCUT2D eigenvalue weighted by Crippen LogP contribution is -2.35. The predicted molar refractivity (Wildman–Crippen MR) is 52.2 cm³/mol. The third-order valence-corrected chi connectivity index (χ3v) is 1.13. The highest BCUT2D eigenvalue weighted by atomic mass is 32.2. The van der Waals surface area contributed by atoms with Gasteiger partial charge >= 0.3 is 5.97 Å². The van der Waals surface area contributed by atoms with Crippen LogP contribution in [-0.2, 0) is 19.7 Å². The van der Waals surface area contributed by atoms with Gasteiger partial charge in [-0.3, -0.25) is 14.1 Å². The van der Waals surface area contributed by atoms with E-state index < -0.39 is 28.0 Å². The molecule has 0 saturated carbocycles. The molecule has 0 heterocycles. The summed E-state index contributed by atoms with van der Waals surface area (Å²) in [6, 6.07) is -1.12. The van der Waals surface area contributed by atoms with Crippen molar-refractivity contribution in [2.24, 2.45) is 5.73 Å². The van der Waals surface area contributed by atoms with E-state index >= 15 is 0 Å². The highest BCUT2D eigenvalue weighted by Crippen LogP contribution is 1.95. The zero-order valence-electron chi connectivity index (χ0n) is 8.45. The number of aliphatic carboxylic acids is 1. The quantitative estimate of drug-likeness (QED) is 0.284. The van der Waals surface area contributed by atoms with E-state index in [4.69, 9.17) is 20.6 Å². The molecule has 0 aromatic carbocycles. The minimum absolute atomic E-state index is 0.0127. The van der Waals surface area contributed by atoms with Crippen LogP contribution in [0.15, 0.2) is 0 Å².